The smallest absolute Gasteiger partial charge is 0.0377 e. The number of benzene rings is 1. The molecule has 1 saturated heterocycles. The number of anilines is 1. The number of hydrogen-bond donors (Lipinski definition) is 0. The molecular weight excluding hydrogens is 330 g/mol. The molecule has 0 N–H and O–H groups in total. The molecule has 1 aliphatic heterocycles. The van der Waals surface area contributed by atoms with Gasteiger partial charge >= 0.3 is 0 Å². The van der Waals surface area contributed by atoms with Crippen molar-refractivity contribution in [2.75, 3.05) is 18.0 Å². The summed E-state index contributed by atoms with van der Waals surface area (Å²) < 4.78 is 1.20. The second kappa shape index (κ2) is 4.69. The highest BCUT2D eigenvalue weighted by molar-refractivity contribution is 9.10. The van der Waals surface area contributed by atoms with Gasteiger partial charge in [-0.3, -0.25) is 0 Å². The molecule has 1 nitrogen and oxygen atoms in total. The fourth-order valence-corrected chi connectivity index (χ4v) is 3.55. The summed E-state index contributed by atoms with van der Waals surface area (Å²) in [4.78, 5) is 2.47. The molecule has 0 bridgehead atoms. The van der Waals surface area contributed by atoms with E-state index in [1.807, 2.05) is 0 Å². The number of alkyl halides is 1. The predicted octanol–water partition coefficient (Wildman–Crippen LogP) is 4.58. The Bertz CT molecular complexity index is 388. The van der Waals surface area contributed by atoms with Crippen LogP contribution in [0.2, 0.25) is 0 Å². The van der Waals surface area contributed by atoms with Crippen LogP contribution in [0.3, 0.4) is 0 Å². The van der Waals surface area contributed by atoms with E-state index < -0.39 is 0 Å². The maximum absolute atomic E-state index is 3.63. The summed E-state index contributed by atoms with van der Waals surface area (Å²) in [6.45, 7) is 7.02. The van der Waals surface area contributed by atoms with Crippen LogP contribution in [0.5, 0.6) is 0 Å². The maximum atomic E-state index is 3.63. The fraction of sp³-hybridized carbons (Fsp3) is 0.538. The van der Waals surface area contributed by atoms with Gasteiger partial charge in [0.05, 0.1) is 0 Å². The van der Waals surface area contributed by atoms with Crippen molar-refractivity contribution in [2.45, 2.75) is 25.6 Å². The third-order valence-corrected chi connectivity index (χ3v) is 4.57. The molecule has 0 saturated carbocycles. The first-order valence-corrected chi connectivity index (χ1v) is 7.53. The highest BCUT2D eigenvalue weighted by atomic mass is 79.9. The van der Waals surface area contributed by atoms with Crippen molar-refractivity contribution >= 4 is 37.5 Å². The SMILES string of the molecule is CC1(C)CCN(c2ccc(CBr)c(Br)c2)C1. The molecule has 1 aromatic rings. The lowest BCUT2D eigenvalue weighted by Gasteiger charge is -2.22. The third-order valence-electron chi connectivity index (χ3n) is 3.22. The van der Waals surface area contributed by atoms with Crippen LogP contribution >= 0.6 is 31.9 Å². The fourth-order valence-electron chi connectivity index (χ4n) is 2.17. The van der Waals surface area contributed by atoms with Gasteiger partial charge < -0.3 is 4.90 Å². The molecule has 0 spiro atoms. The second-order valence-corrected chi connectivity index (χ2v) is 6.66. The van der Waals surface area contributed by atoms with Crippen molar-refractivity contribution in [3.05, 3.63) is 28.2 Å². The Labute approximate surface area is 114 Å². The van der Waals surface area contributed by atoms with Crippen molar-refractivity contribution in [2.24, 2.45) is 5.41 Å². The van der Waals surface area contributed by atoms with Crippen LogP contribution in [-0.2, 0) is 5.33 Å². The minimum absolute atomic E-state index is 0.459. The van der Waals surface area contributed by atoms with Crippen LogP contribution in [0.25, 0.3) is 0 Å². The summed E-state index contributed by atoms with van der Waals surface area (Å²) in [7, 11) is 0. The summed E-state index contributed by atoms with van der Waals surface area (Å²) >= 11 is 7.12. The summed E-state index contributed by atoms with van der Waals surface area (Å²) in [6, 6.07) is 6.65. The Morgan fingerprint density at radius 2 is 2.12 bits per heavy atom. The first-order chi connectivity index (χ1) is 7.52. The van der Waals surface area contributed by atoms with Gasteiger partial charge in [0.15, 0.2) is 0 Å². The molecule has 2 rings (SSSR count). The molecule has 88 valence electrons. The Morgan fingerprint density at radius 3 is 2.62 bits per heavy atom. The van der Waals surface area contributed by atoms with Crippen LogP contribution in [0, 0.1) is 5.41 Å². The average Bonchev–Trinajstić information content (AvgIpc) is 2.59. The number of rotatable bonds is 2. The van der Waals surface area contributed by atoms with Crippen LogP contribution < -0.4 is 4.90 Å². The molecule has 0 amide bonds. The van der Waals surface area contributed by atoms with Gasteiger partial charge in [0.1, 0.15) is 0 Å². The molecule has 1 heterocycles. The van der Waals surface area contributed by atoms with Crippen molar-refractivity contribution < 1.29 is 0 Å². The zero-order valence-electron chi connectivity index (χ0n) is 9.76. The lowest BCUT2D eigenvalue weighted by molar-refractivity contribution is 0.418. The van der Waals surface area contributed by atoms with E-state index in [2.05, 4.69) is 68.8 Å². The van der Waals surface area contributed by atoms with Crippen molar-refractivity contribution in [3.63, 3.8) is 0 Å². The van der Waals surface area contributed by atoms with E-state index in [4.69, 9.17) is 0 Å². The van der Waals surface area contributed by atoms with E-state index >= 15 is 0 Å². The quantitative estimate of drug-likeness (QED) is 0.708. The zero-order chi connectivity index (χ0) is 11.8. The molecule has 1 aliphatic rings. The number of hydrogen-bond acceptors (Lipinski definition) is 1. The van der Waals surface area contributed by atoms with Gasteiger partial charge in [-0.15, -0.1) is 0 Å². The van der Waals surface area contributed by atoms with E-state index in [0.717, 1.165) is 11.9 Å². The summed E-state index contributed by atoms with van der Waals surface area (Å²) in [5.41, 5.74) is 3.10. The third kappa shape index (κ3) is 2.62. The van der Waals surface area contributed by atoms with Gasteiger partial charge in [-0.05, 0) is 29.5 Å². The van der Waals surface area contributed by atoms with Crippen LogP contribution in [-0.4, -0.2) is 13.1 Å². The molecule has 1 aromatic carbocycles. The lowest BCUT2D eigenvalue weighted by Crippen LogP contribution is -2.22. The highest BCUT2D eigenvalue weighted by Gasteiger charge is 2.29. The number of nitrogens with zero attached hydrogens (tertiary/aromatic N) is 1. The minimum atomic E-state index is 0.459. The normalized spacial score (nSPS) is 19.1. The summed E-state index contributed by atoms with van der Waals surface area (Å²) in [6.07, 6.45) is 1.28. The monoisotopic (exact) mass is 345 g/mol. The molecule has 0 radical (unpaired) electrons. The van der Waals surface area contributed by atoms with Crippen molar-refractivity contribution in [1.82, 2.24) is 0 Å². The first kappa shape index (κ1) is 12.4. The van der Waals surface area contributed by atoms with Gasteiger partial charge in [-0.1, -0.05) is 51.8 Å². The zero-order valence-corrected chi connectivity index (χ0v) is 12.9. The van der Waals surface area contributed by atoms with Crippen molar-refractivity contribution in [3.8, 4) is 0 Å². The minimum Gasteiger partial charge on any atom is -0.371 e. The molecule has 3 heteroatoms. The van der Waals surface area contributed by atoms with Crippen LogP contribution in [0.4, 0.5) is 5.69 Å². The topological polar surface area (TPSA) is 3.24 Å². The maximum Gasteiger partial charge on any atom is 0.0377 e. The van der Waals surface area contributed by atoms with E-state index in [9.17, 15) is 0 Å². The molecule has 0 aliphatic carbocycles. The van der Waals surface area contributed by atoms with Gasteiger partial charge in [0, 0.05) is 28.6 Å². The van der Waals surface area contributed by atoms with E-state index in [-0.39, 0.29) is 0 Å². The molecule has 16 heavy (non-hydrogen) atoms. The average molecular weight is 347 g/mol. The summed E-state index contributed by atoms with van der Waals surface area (Å²) in [5, 5.41) is 0.902. The molecule has 0 aromatic heterocycles. The standard InChI is InChI=1S/C13H17Br2N/c1-13(2)5-6-16(9-13)11-4-3-10(8-14)12(15)7-11/h3-4,7H,5-6,8-9H2,1-2H3. The predicted molar refractivity (Wildman–Crippen MR) is 77.4 cm³/mol. The van der Waals surface area contributed by atoms with Gasteiger partial charge in [-0.2, -0.15) is 0 Å². The summed E-state index contributed by atoms with van der Waals surface area (Å²) in [5.74, 6) is 0. The second-order valence-electron chi connectivity index (χ2n) is 5.25. The van der Waals surface area contributed by atoms with Crippen LogP contribution in [0.15, 0.2) is 22.7 Å². The molecule has 1 fully saturated rings. The lowest BCUT2D eigenvalue weighted by atomic mass is 9.93. The van der Waals surface area contributed by atoms with Crippen LogP contribution in [0.1, 0.15) is 25.8 Å². The largest absolute Gasteiger partial charge is 0.371 e. The van der Waals surface area contributed by atoms with Gasteiger partial charge in [-0.25, -0.2) is 0 Å². The Kier molecular flexibility index (Phi) is 3.65. The van der Waals surface area contributed by atoms with E-state index in [1.165, 1.54) is 28.7 Å². The van der Waals surface area contributed by atoms with Crippen molar-refractivity contribution in [1.29, 1.82) is 0 Å². The molecule has 0 atom stereocenters. The Hall–Kier alpha value is -0.0200. The van der Waals surface area contributed by atoms with Gasteiger partial charge in [0.25, 0.3) is 0 Å². The Morgan fingerprint density at radius 1 is 1.38 bits per heavy atom. The highest BCUT2D eigenvalue weighted by Crippen LogP contribution is 2.34. The molecule has 0 unspecified atom stereocenters. The number of halogens is 2. The van der Waals surface area contributed by atoms with Gasteiger partial charge in [0.2, 0.25) is 0 Å². The van der Waals surface area contributed by atoms with E-state index in [1.54, 1.807) is 0 Å². The molecular formula is C13H17Br2N. The Balaban J connectivity index is 2.20. The van der Waals surface area contributed by atoms with E-state index in [0.29, 0.717) is 5.41 Å². The first-order valence-electron chi connectivity index (χ1n) is 5.61.